The molecule has 32 nitrogen and oxygen atoms in total. The molecule has 35 heteroatoms. The van der Waals surface area contributed by atoms with Gasteiger partial charge in [-0.15, -0.1) is 24.8 Å². The van der Waals surface area contributed by atoms with Crippen molar-refractivity contribution >= 4 is 107 Å². The average molecular weight is 1940 g/mol. The number of aromatic nitrogens is 1. The van der Waals surface area contributed by atoms with Gasteiger partial charge in [0, 0.05) is 63.9 Å². The van der Waals surface area contributed by atoms with Gasteiger partial charge >= 0.3 is 47.9 Å². The van der Waals surface area contributed by atoms with Gasteiger partial charge in [0.15, 0.2) is 11.7 Å². The van der Waals surface area contributed by atoms with E-state index in [1.165, 1.54) is 53.1 Å². The summed E-state index contributed by atoms with van der Waals surface area (Å²) < 4.78 is 39.6. The molecular weight excluding hydrogens is 1820 g/mol. The highest BCUT2D eigenvalue weighted by Crippen LogP contribution is 2.36. The fraction of sp³-hybridized carbons (Fsp3) is 0.398. The number of hydrogen-bond acceptors (Lipinski definition) is 26. The third-order valence-corrected chi connectivity index (χ3v) is 22.3. The van der Waals surface area contributed by atoms with Crippen LogP contribution in [-0.2, 0) is 97.7 Å². The fourth-order valence-electron chi connectivity index (χ4n) is 15.1. The molecule has 6 aliphatic heterocycles. The molecule has 0 unspecified atom stereocenters. The number of carboxylic acid groups (broad SMARTS) is 1. The molecule has 0 aliphatic carbocycles. The van der Waals surface area contributed by atoms with Crippen molar-refractivity contribution in [2.45, 2.75) is 151 Å². The number of rotatable bonds is 21. The number of carbonyl (C=O) groups excluding carboxylic acids is 10. The third-order valence-electron chi connectivity index (χ3n) is 21.8. The highest BCUT2D eigenvalue weighted by atomic mass is 79.9. The van der Waals surface area contributed by atoms with Crippen LogP contribution in [0.5, 0.6) is 0 Å². The molecule has 8 aromatic rings. The number of aliphatic carboxylic acids is 1. The number of oxazole rings is 1. The maximum atomic E-state index is 12.3. The summed E-state index contributed by atoms with van der Waals surface area (Å²) in [6.45, 7) is 31.7. The second-order valence-electron chi connectivity index (χ2n) is 32.0. The summed E-state index contributed by atoms with van der Waals surface area (Å²) in [5.74, 6) is -3.02. The summed E-state index contributed by atoms with van der Waals surface area (Å²) in [6, 6.07) is 65.0. The van der Waals surface area contributed by atoms with Crippen molar-refractivity contribution in [2.75, 3.05) is 87.3 Å². The van der Waals surface area contributed by atoms with Crippen LogP contribution >= 0.6 is 40.7 Å². The van der Waals surface area contributed by atoms with Crippen LogP contribution in [-0.4, -0.2) is 248 Å². The Morgan fingerprint density at radius 3 is 1.23 bits per heavy atom. The Kier molecular flexibility index (Phi) is 50.0. The number of Topliss-reactive ketones (excluding diaryl/α,β-unsaturated/α-hetero) is 1. The largest absolute Gasteiger partial charge is 0.481 e. The lowest BCUT2D eigenvalue weighted by Crippen LogP contribution is -2.43. The number of likely N-dealkylation sites (tertiary alicyclic amines) is 5. The van der Waals surface area contributed by atoms with E-state index < -0.39 is 41.6 Å². The van der Waals surface area contributed by atoms with Gasteiger partial charge in [0.05, 0.1) is 98.1 Å². The van der Waals surface area contributed by atoms with Gasteiger partial charge in [-0.3, -0.25) is 73.0 Å². The minimum atomic E-state index is -0.857. The summed E-state index contributed by atoms with van der Waals surface area (Å²) in [6.07, 6.45) is 4.80. The average Bonchev–Trinajstić information content (AvgIpc) is 1.66. The zero-order valence-corrected chi connectivity index (χ0v) is 79.2. The first-order valence-electron chi connectivity index (χ1n) is 42.1. The number of nitrogens with one attached hydrogen (secondary N) is 1. The quantitative estimate of drug-likeness (QED) is 0.0130. The molecule has 6 fully saturated rings. The Bertz CT molecular complexity index is 4980. The second-order valence-corrected chi connectivity index (χ2v) is 32.5. The first-order chi connectivity index (χ1) is 62.5. The van der Waals surface area contributed by atoms with Gasteiger partial charge in [-0.05, 0) is 62.3 Å². The van der Waals surface area contributed by atoms with Crippen LogP contribution in [0.15, 0.2) is 223 Å². The lowest BCUT2D eigenvalue weighted by molar-refractivity contribution is -0.147. The van der Waals surface area contributed by atoms with Crippen LogP contribution in [0.4, 0.5) is 4.79 Å². The number of ether oxygens (including phenoxy) is 7. The number of esters is 6. The van der Waals surface area contributed by atoms with Gasteiger partial charge in [-0.1, -0.05) is 228 Å². The van der Waals surface area contributed by atoms with E-state index in [4.69, 9.17) is 58.7 Å². The molecule has 12 atom stereocenters. The Hall–Kier alpha value is -12.6. The lowest BCUT2D eigenvalue weighted by Gasteiger charge is -2.26. The van der Waals surface area contributed by atoms with Gasteiger partial charge in [0.1, 0.15) is 66.6 Å². The first kappa shape index (κ1) is 113. The molecule has 7 N–H and O–H groups in total. The Morgan fingerprint density at radius 1 is 0.489 bits per heavy atom. The van der Waals surface area contributed by atoms with Crippen molar-refractivity contribution in [3.8, 4) is 11.3 Å². The number of ketones is 1. The maximum Gasteiger partial charge on any atom is 0.411 e. The predicted molar refractivity (Wildman–Crippen MR) is 509 cm³/mol. The summed E-state index contributed by atoms with van der Waals surface area (Å²) in [4.78, 5) is 149. The zero-order valence-electron chi connectivity index (χ0n) is 76.0. The van der Waals surface area contributed by atoms with Gasteiger partial charge in [0.25, 0.3) is 0 Å². The minimum absolute atomic E-state index is 0. The van der Waals surface area contributed by atoms with Crippen molar-refractivity contribution < 1.29 is 96.8 Å². The zero-order chi connectivity index (χ0) is 94.7. The SMILES string of the molecule is COC(=O)[C@@H]1C[C@@H](C(=O)O)CN1Cc1ccccc1.COC(=O)[C@@H]1C[C@@H](C(N)=O)CN1Cc1ccccc1.COC(=O)[C@@H]1C[C@@H](c2nc(-c3ccccc3)co2)CN1Cc1ccccc1.Cl.Cl.N.O=C(CBr)c1ccccc1.O=Cc1ccccc1.[C-]#[N+][C@@H]1C[C@@H](C(=O)OC)N(C(=O)OC(C)(C)C)C1.[C-]#[N+][C@@H]1C[C@@H](C(=O)OC)N(Cc2ccccc2)C1.[C-]#[N+][C@H]1CN[C@H](C(=O)OC)C1.[HH]. The number of primary amides is 1. The number of amides is 2. The number of nitrogens with two attached hydrogens (primary N) is 1. The molecule has 0 bridgehead atoms. The molecule has 0 radical (unpaired) electrons. The Labute approximate surface area is 799 Å². The maximum absolute atomic E-state index is 12.3. The minimum Gasteiger partial charge on any atom is -0.481 e. The Morgan fingerprint density at radius 2 is 0.850 bits per heavy atom. The number of halogens is 3. The highest BCUT2D eigenvalue weighted by Gasteiger charge is 2.47. The molecule has 6 saturated heterocycles. The van der Waals surface area contributed by atoms with Crippen molar-refractivity contribution in [1.82, 2.24) is 41.0 Å². The number of alkyl halides is 1. The van der Waals surface area contributed by atoms with Crippen LogP contribution in [0.1, 0.15) is 116 Å². The monoisotopic (exact) mass is 1930 g/mol. The highest BCUT2D eigenvalue weighted by molar-refractivity contribution is 9.09. The van der Waals surface area contributed by atoms with Gasteiger partial charge in [0.2, 0.25) is 24.0 Å². The second kappa shape index (κ2) is 59.0. The number of aldehydes is 1. The van der Waals surface area contributed by atoms with Crippen LogP contribution in [0.25, 0.3) is 25.8 Å². The lowest BCUT2D eigenvalue weighted by atomic mass is 10.1. The molecule has 7 aromatic carbocycles. The molecule has 14 rings (SSSR count). The van der Waals surface area contributed by atoms with E-state index in [-0.39, 0.29) is 135 Å². The predicted octanol–water partition coefficient (Wildman–Crippen LogP) is 13.5. The molecule has 7 heterocycles. The Balaban J connectivity index is 0.000000401. The summed E-state index contributed by atoms with van der Waals surface area (Å²) in [5, 5.41) is 12.4. The summed E-state index contributed by atoms with van der Waals surface area (Å²) >= 11 is 3.10. The van der Waals surface area contributed by atoms with E-state index in [0.29, 0.717) is 109 Å². The molecule has 2 amide bonds. The molecule has 1 aromatic heterocycles. The topological polar surface area (TPSA) is 401 Å². The molecule has 6 aliphatic rings. The fourth-order valence-corrected chi connectivity index (χ4v) is 15.4. The number of nitrogens with zero attached hydrogens (tertiary/aromatic N) is 9. The number of carboxylic acids is 1. The number of methoxy groups -OCH3 is 6. The van der Waals surface area contributed by atoms with Crippen LogP contribution in [0.2, 0.25) is 0 Å². The van der Waals surface area contributed by atoms with E-state index in [1.807, 2.05) is 203 Å². The smallest absolute Gasteiger partial charge is 0.411 e. The van der Waals surface area contributed by atoms with E-state index >= 15 is 0 Å². The molecule has 714 valence electrons. The summed E-state index contributed by atoms with van der Waals surface area (Å²) in [5.41, 5.74) is 12.5. The third kappa shape index (κ3) is 36.5. The standard InChI is InChI=1S/C22H22N2O3.C14H18N2O3.C14H16N2O2.C14H17NO4.C12H18N2O4.C8H7BrO.C7H10N2O2.C7H6O.2ClH.H3N.H2/c1-26-22(25)20-12-18(14-24(20)13-16-8-4-2-5-9-16)21-23-19(15-27-21)17-10-6-3-7-11-17;1-19-14(18)12-7-11(13(15)17)9-16(12)8-10-5-3-2-4-6-10;1-15-12-8-13(14(17)18-2)16(10-12)9-11-6-4-3-5-7-11;1-19-14(18)12-7-11(13(16)17)9-15(12)8-10-5-3-2-4-6-10;1-12(2,3)18-11(16)14-7-8(13-4)6-9(14)10(15)17-5;9-6-8(10)7-4-2-1-3-5-7;1-8-5-3-6(9-4-5)7(10)11-2;8-6-7-4-2-1-3-5-7;;;;/h2-11,15,18,20H,12-14H2,1H3;2-6,11-12H,7-9H2,1H3,(H2,15,17);3-7,12-13H,8-10H2,2H3;2-6,11-12H,7-9H2,1H3,(H,16,17);8-9H,6-7H2,1-3,5H3;1-5H,6H2;5-6,9H,3-4H2,2H3;1-6H;2*1H;1H3;1H/t18-,20+;11-,12+;12-,13+;11-,12+;8-,9+;;5-,6+;;;;;/m11111.1...../s1. The van der Waals surface area contributed by atoms with E-state index in [0.717, 1.165) is 45.4 Å². The normalized spacial score (nSPS) is 20.7. The van der Waals surface area contributed by atoms with Gasteiger partial charge in [-0.25, -0.2) is 34.3 Å². The molecule has 133 heavy (non-hydrogen) atoms. The first-order valence-corrected chi connectivity index (χ1v) is 43.3. The van der Waals surface area contributed by atoms with Gasteiger partial charge in [-0.2, -0.15) is 0 Å². The van der Waals surface area contributed by atoms with Crippen molar-refractivity contribution in [2.24, 2.45) is 17.6 Å². The van der Waals surface area contributed by atoms with Crippen molar-refractivity contribution in [3.63, 3.8) is 0 Å². The number of carbonyl (C=O) groups is 11. The van der Waals surface area contributed by atoms with E-state index in [9.17, 15) is 52.7 Å². The van der Waals surface area contributed by atoms with E-state index in [1.54, 1.807) is 39.2 Å². The van der Waals surface area contributed by atoms with Gasteiger partial charge < -0.3 is 69.1 Å². The number of benzene rings is 7. The van der Waals surface area contributed by atoms with E-state index in [2.05, 4.69) is 67.3 Å². The molecule has 0 saturated carbocycles. The summed E-state index contributed by atoms with van der Waals surface area (Å²) in [7, 11) is 8.15. The van der Waals surface area contributed by atoms with Crippen LogP contribution in [0.3, 0.4) is 0 Å². The van der Waals surface area contributed by atoms with Crippen molar-refractivity contribution in [1.29, 1.82) is 0 Å². The number of hydrogen-bond donors (Lipinski definition) is 4. The molecular formula is C98H121BrCl2N12O20. The van der Waals surface area contributed by atoms with Crippen molar-refractivity contribution in [3.05, 3.63) is 292 Å². The van der Waals surface area contributed by atoms with Crippen LogP contribution in [0, 0.1) is 31.6 Å². The van der Waals surface area contributed by atoms with Crippen LogP contribution < -0.4 is 17.2 Å². The molecule has 0 spiro atoms.